The van der Waals surface area contributed by atoms with Crippen LogP contribution in [-0.4, -0.2) is 29.1 Å². The van der Waals surface area contributed by atoms with Crippen molar-refractivity contribution in [1.29, 1.82) is 0 Å². The topological polar surface area (TPSA) is 35.0 Å². The molecule has 0 spiro atoms. The van der Waals surface area contributed by atoms with Crippen molar-refractivity contribution in [1.82, 2.24) is 9.97 Å². The number of aromatic nitrogens is 2. The standard InChI is InChI=1S/C14H16N2OS2/c1-4-17-12-11(10-8-6-5-7-9-10)13(18-2)16-14(15-12)19-3/h5-9H,4H2,1-3H3. The van der Waals surface area contributed by atoms with Crippen LogP contribution in [0.5, 0.6) is 5.88 Å². The van der Waals surface area contributed by atoms with Gasteiger partial charge in [0.1, 0.15) is 5.03 Å². The van der Waals surface area contributed by atoms with E-state index in [0.717, 1.165) is 21.3 Å². The minimum absolute atomic E-state index is 0.596. The number of nitrogens with zero attached hydrogens (tertiary/aromatic N) is 2. The van der Waals surface area contributed by atoms with Gasteiger partial charge in [0.25, 0.3) is 0 Å². The lowest BCUT2D eigenvalue weighted by Gasteiger charge is -2.13. The fourth-order valence-corrected chi connectivity index (χ4v) is 2.74. The van der Waals surface area contributed by atoms with Gasteiger partial charge in [-0.1, -0.05) is 42.1 Å². The third-order valence-electron chi connectivity index (χ3n) is 2.54. The molecule has 0 saturated carbocycles. The molecule has 19 heavy (non-hydrogen) atoms. The zero-order valence-corrected chi connectivity index (χ0v) is 12.8. The van der Waals surface area contributed by atoms with E-state index in [4.69, 9.17) is 4.74 Å². The van der Waals surface area contributed by atoms with Crippen molar-refractivity contribution < 1.29 is 4.74 Å². The summed E-state index contributed by atoms with van der Waals surface area (Å²) in [6.45, 7) is 2.56. The van der Waals surface area contributed by atoms with E-state index in [9.17, 15) is 0 Å². The molecule has 0 aliphatic carbocycles. The summed E-state index contributed by atoms with van der Waals surface area (Å²) in [6.07, 6.45) is 3.99. The molecule has 1 aromatic heterocycles. The van der Waals surface area contributed by atoms with Crippen LogP contribution >= 0.6 is 23.5 Å². The van der Waals surface area contributed by atoms with Crippen molar-refractivity contribution in [3.8, 4) is 17.0 Å². The largest absolute Gasteiger partial charge is 0.477 e. The number of ether oxygens (including phenoxy) is 1. The van der Waals surface area contributed by atoms with Gasteiger partial charge < -0.3 is 4.74 Å². The molecule has 0 fully saturated rings. The van der Waals surface area contributed by atoms with Gasteiger partial charge in [0.2, 0.25) is 5.88 Å². The van der Waals surface area contributed by atoms with Crippen molar-refractivity contribution in [2.45, 2.75) is 17.1 Å². The molecule has 5 heteroatoms. The zero-order chi connectivity index (χ0) is 13.7. The molecule has 0 N–H and O–H groups in total. The zero-order valence-electron chi connectivity index (χ0n) is 11.2. The number of hydrogen-bond acceptors (Lipinski definition) is 5. The molecule has 0 aliphatic heterocycles. The van der Waals surface area contributed by atoms with E-state index in [1.165, 1.54) is 11.8 Å². The minimum atomic E-state index is 0.596. The molecule has 3 nitrogen and oxygen atoms in total. The highest BCUT2D eigenvalue weighted by Gasteiger charge is 2.16. The Bertz CT molecular complexity index is 547. The highest BCUT2D eigenvalue weighted by molar-refractivity contribution is 7.99. The lowest BCUT2D eigenvalue weighted by atomic mass is 10.1. The van der Waals surface area contributed by atoms with Crippen LogP contribution in [0.1, 0.15) is 6.92 Å². The van der Waals surface area contributed by atoms with E-state index in [-0.39, 0.29) is 0 Å². The van der Waals surface area contributed by atoms with Gasteiger partial charge in [-0.2, -0.15) is 4.98 Å². The molecule has 0 radical (unpaired) electrons. The second-order valence-electron chi connectivity index (χ2n) is 3.70. The summed E-state index contributed by atoms with van der Waals surface area (Å²) in [6, 6.07) is 10.1. The summed E-state index contributed by atoms with van der Waals surface area (Å²) in [5.41, 5.74) is 2.07. The number of benzene rings is 1. The first-order valence-electron chi connectivity index (χ1n) is 5.98. The highest BCUT2D eigenvalue weighted by atomic mass is 32.2. The van der Waals surface area contributed by atoms with E-state index < -0.39 is 0 Å². The average molecular weight is 292 g/mol. The lowest BCUT2D eigenvalue weighted by Crippen LogP contribution is -2.02. The van der Waals surface area contributed by atoms with Crippen molar-refractivity contribution in [3.05, 3.63) is 30.3 Å². The van der Waals surface area contributed by atoms with Crippen LogP contribution in [0, 0.1) is 0 Å². The quantitative estimate of drug-likeness (QED) is 0.473. The fraction of sp³-hybridized carbons (Fsp3) is 0.286. The van der Waals surface area contributed by atoms with E-state index in [0.29, 0.717) is 12.5 Å². The summed E-state index contributed by atoms with van der Waals surface area (Å²) in [7, 11) is 0. The second-order valence-corrected chi connectivity index (χ2v) is 5.27. The van der Waals surface area contributed by atoms with Gasteiger partial charge in [0.15, 0.2) is 5.16 Å². The SMILES string of the molecule is CCOc1nc(SC)nc(SC)c1-c1ccccc1. The number of rotatable bonds is 5. The van der Waals surface area contributed by atoms with Crippen LogP contribution in [0.3, 0.4) is 0 Å². The van der Waals surface area contributed by atoms with Crippen LogP contribution in [0.15, 0.2) is 40.5 Å². The maximum atomic E-state index is 5.70. The predicted molar refractivity (Wildman–Crippen MR) is 82.2 cm³/mol. The Hall–Kier alpha value is -1.20. The lowest BCUT2D eigenvalue weighted by molar-refractivity contribution is 0.323. The molecule has 0 bridgehead atoms. The Kier molecular flexibility index (Phi) is 5.10. The Morgan fingerprint density at radius 1 is 1.05 bits per heavy atom. The molecule has 1 aromatic carbocycles. The van der Waals surface area contributed by atoms with E-state index in [1.807, 2.05) is 37.6 Å². The molecular formula is C14H16N2OS2. The van der Waals surface area contributed by atoms with E-state index >= 15 is 0 Å². The van der Waals surface area contributed by atoms with Gasteiger partial charge in [0.05, 0.1) is 12.2 Å². The van der Waals surface area contributed by atoms with Gasteiger partial charge in [0, 0.05) is 0 Å². The normalized spacial score (nSPS) is 10.5. The molecule has 0 aliphatic rings. The van der Waals surface area contributed by atoms with Gasteiger partial charge in [-0.3, -0.25) is 0 Å². The molecule has 0 unspecified atom stereocenters. The van der Waals surface area contributed by atoms with Crippen molar-refractivity contribution in [2.75, 3.05) is 19.1 Å². The van der Waals surface area contributed by atoms with Crippen molar-refractivity contribution >= 4 is 23.5 Å². The second kappa shape index (κ2) is 6.82. The smallest absolute Gasteiger partial charge is 0.226 e. The van der Waals surface area contributed by atoms with Crippen LogP contribution in [-0.2, 0) is 0 Å². The minimum Gasteiger partial charge on any atom is -0.477 e. The van der Waals surface area contributed by atoms with Gasteiger partial charge in [-0.25, -0.2) is 4.98 Å². The third kappa shape index (κ3) is 3.22. The van der Waals surface area contributed by atoms with Gasteiger partial charge in [-0.05, 0) is 25.0 Å². The predicted octanol–water partition coefficient (Wildman–Crippen LogP) is 3.99. The van der Waals surface area contributed by atoms with Gasteiger partial charge >= 0.3 is 0 Å². The highest BCUT2D eigenvalue weighted by Crippen LogP contribution is 2.36. The molecule has 0 saturated heterocycles. The number of thioether (sulfide) groups is 2. The molecular weight excluding hydrogens is 276 g/mol. The molecule has 1 heterocycles. The first-order chi connectivity index (χ1) is 9.30. The third-order valence-corrected chi connectivity index (χ3v) is 3.77. The first-order valence-corrected chi connectivity index (χ1v) is 8.43. The summed E-state index contributed by atoms with van der Waals surface area (Å²) < 4.78 is 5.70. The van der Waals surface area contributed by atoms with Crippen LogP contribution in [0.4, 0.5) is 0 Å². The first kappa shape index (κ1) is 14.2. The van der Waals surface area contributed by atoms with Crippen LogP contribution in [0.25, 0.3) is 11.1 Å². The summed E-state index contributed by atoms with van der Waals surface area (Å²) in [4.78, 5) is 9.05. The Balaban J connectivity index is 2.62. The fourth-order valence-electron chi connectivity index (χ4n) is 1.73. The molecule has 0 atom stereocenters. The average Bonchev–Trinajstić information content (AvgIpc) is 2.47. The van der Waals surface area contributed by atoms with Gasteiger partial charge in [-0.15, -0.1) is 11.8 Å². The summed E-state index contributed by atoms with van der Waals surface area (Å²) in [5.74, 6) is 0.664. The maximum absolute atomic E-state index is 5.70. The summed E-state index contributed by atoms with van der Waals surface area (Å²) >= 11 is 3.14. The van der Waals surface area contributed by atoms with Crippen molar-refractivity contribution in [2.24, 2.45) is 0 Å². The van der Waals surface area contributed by atoms with Crippen molar-refractivity contribution in [3.63, 3.8) is 0 Å². The molecule has 0 amide bonds. The van der Waals surface area contributed by atoms with Crippen LogP contribution < -0.4 is 4.74 Å². The van der Waals surface area contributed by atoms with E-state index in [1.54, 1.807) is 11.8 Å². The monoisotopic (exact) mass is 292 g/mol. The molecule has 100 valence electrons. The molecule has 2 rings (SSSR count). The summed E-state index contributed by atoms with van der Waals surface area (Å²) in [5, 5.41) is 1.70. The Morgan fingerprint density at radius 3 is 2.37 bits per heavy atom. The Morgan fingerprint density at radius 2 is 1.79 bits per heavy atom. The Labute approximate surface area is 122 Å². The maximum Gasteiger partial charge on any atom is 0.226 e. The number of hydrogen-bond donors (Lipinski definition) is 0. The van der Waals surface area contributed by atoms with Crippen LogP contribution in [0.2, 0.25) is 0 Å². The van der Waals surface area contributed by atoms with E-state index in [2.05, 4.69) is 22.1 Å². The molecule has 2 aromatic rings.